The second-order valence-corrected chi connectivity index (χ2v) is 6.44. The standard InChI is InChI=1S/C15H31N3/c1-16-15(13-7-4-5-8-13)12-17(2)11-14-9-6-10-18(14)3/h13-16H,4-12H2,1-3H3. The summed E-state index contributed by atoms with van der Waals surface area (Å²) >= 11 is 0. The average Bonchev–Trinajstić information content (AvgIpc) is 2.99. The molecular weight excluding hydrogens is 222 g/mol. The Bertz CT molecular complexity index is 238. The van der Waals surface area contributed by atoms with E-state index in [1.807, 2.05) is 0 Å². The molecule has 106 valence electrons. The minimum Gasteiger partial charge on any atom is -0.315 e. The molecule has 1 saturated carbocycles. The van der Waals surface area contributed by atoms with Gasteiger partial charge >= 0.3 is 0 Å². The Morgan fingerprint density at radius 1 is 1.22 bits per heavy atom. The van der Waals surface area contributed by atoms with E-state index >= 15 is 0 Å². The molecule has 0 aromatic rings. The summed E-state index contributed by atoms with van der Waals surface area (Å²) in [7, 11) is 6.71. The van der Waals surface area contributed by atoms with E-state index in [1.165, 1.54) is 58.2 Å². The molecule has 2 rings (SSSR count). The van der Waals surface area contributed by atoms with Crippen LogP contribution in [0.1, 0.15) is 38.5 Å². The Hall–Kier alpha value is -0.120. The molecule has 0 aromatic heterocycles. The molecule has 18 heavy (non-hydrogen) atoms. The van der Waals surface area contributed by atoms with E-state index in [4.69, 9.17) is 0 Å². The summed E-state index contributed by atoms with van der Waals surface area (Å²) in [6.07, 6.45) is 8.52. The van der Waals surface area contributed by atoms with Crippen LogP contribution in [0.3, 0.4) is 0 Å². The number of likely N-dealkylation sites (N-methyl/N-ethyl adjacent to an activating group) is 3. The number of nitrogens with one attached hydrogen (secondary N) is 1. The molecule has 1 N–H and O–H groups in total. The van der Waals surface area contributed by atoms with Gasteiger partial charge in [-0.05, 0) is 59.3 Å². The fourth-order valence-electron chi connectivity index (χ4n) is 3.82. The number of nitrogens with zero attached hydrogens (tertiary/aromatic N) is 2. The monoisotopic (exact) mass is 253 g/mol. The highest BCUT2D eigenvalue weighted by molar-refractivity contribution is 4.84. The lowest BCUT2D eigenvalue weighted by Crippen LogP contribution is -2.45. The van der Waals surface area contributed by atoms with Gasteiger partial charge < -0.3 is 15.1 Å². The third-order valence-electron chi connectivity index (χ3n) is 5.04. The Morgan fingerprint density at radius 2 is 1.94 bits per heavy atom. The van der Waals surface area contributed by atoms with Gasteiger partial charge in [0, 0.05) is 25.2 Å². The van der Waals surface area contributed by atoms with Crippen molar-refractivity contribution in [1.29, 1.82) is 0 Å². The smallest absolute Gasteiger partial charge is 0.0220 e. The van der Waals surface area contributed by atoms with Crippen LogP contribution in [0.25, 0.3) is 0 Å². The summed E-state index contributed by atoms with van der Waals surface area (Å²) in [6.45, 7) is 3.74. The van der Waals surface area contributed by atoms with Crippen molar-refractivity contribution in [2.24, 2.45) is 5.92 Å². The fourth-order valence-corrected chi connectivity index (χ4v) is 3.82. The van der Waals surface area contributed by atoms with Gasteiger partial charge in [-0.2, -0.15) is 0 Å². The first-order valence-corrected chi connectivity index (χ1v) is 7.76. The van der Waals surface area contributed by atoms with Gasteiger partial charge in [-0.25, -0.2) is 0 Å². The van der Waals surface area contributed by atoms with Gasteiger partial charge in [0.25, 0.3) is 0 Å². The van der Waals surface area contributed by atoms with Crippen LogP contribution in [0.4, 0.5) is 0 Å². The zero-order chi connectivity index (χ0) is 13.0. The Kier molecular flexibility index (Phi) is 5.46. The molecule has 2 aliphatic rings. The van der Waals surface area contributed by atoms with E-state index in [2.05, 4.69) is 36.3 Å². The summed E-state index contributed by atoms with van der Waals surface area (Å²) in [5.74, 6) is 0.916. The lowest BCUT2D eigenvalue weighted by molar-refractivity contribution is 0.191. The molecule has 0 radical (unpaired) electrons. The van der Waals surface area contributed by atoms with Crippen molar-refractivity contribution >= 4 is 0 Å². The Morgan fingerprint density at radius 3 is 2.50 bits per heavy atom. The van der Waals surface area contributed by atoms with E-state index in [0.717, 1.165) is 12.0 Å². The van der Waals surface area contributed by atoms with E-state index in [0.29, 0.717) is 6.04 Å². The van der Waals surface area contributed by atoms with Gasteiger partial charge in [0.1, 0.15) is 0 Å². The van der Waals surface area contributed by atoms with Crippen molar-refractivity contribution in [3.8, 4) is 0 Å². The first-order chi connectivity index (χ1) is 8.70. The molecule has 0 aromatic carbocycles. The third kappa shape index (κ3) is 3.69. The van der Waals surface area contributed by atoms with Crippen LogP contribution in [0.15, 0.2) is 0 Å². The van der Waals surface area contributed by atoms with E-state index in [9.17, 15) is 0 Å². The molecule has 0 amide bonds. The quantitative estimate of drug-likeness (QED) is 0.778. The van der Waals surface area contributed by atoms with Gasteiger partial charge in [-0.1, -0.05) is 12.8 Å². The van der Waals surface area contributed by atoms with Crippen LogP contribution in [-0.4, -0.2) is 62.7 Å². The van der Waals surface area contributed by atoms with Gasteiger partial charge in [-0.15, -0.1) is 0 Å². The van der Waals surface area contributed by atoms with Crippen molar-refractivity contribution in [1.82, 2.24) is 15.1 Å². The second-order valence-electron chi connectivity index (χ2n) is 6.44. The molecule has 1 aliphatic heterocycles. The number of hydrogen-bond donors (Lipinski definition) is 1. The van der Waals surface area contributed by atoms with Crippen LogP contribution < -0.4 is 5.32 Å². The molecule has 2 unspecified atom stereocenters. The lowest BCUT2D eigenvalue weighted by Gasteiger charge is -2.31. The van der Waals surface area contributed by atoms with Crippen LogP contribution in [0.2, 0.25) is 0 Å². The highest BCUT2D eigenvalue weighted by Gasteiger charge is 2.27. The molecule has 0 bridgehead atoms. The normalized spacial score (nSPS) is 28.3. The Balaban J connectivity index is 1.75. The first-order valence-electron chi connectivity index (χ1n) is 7.76. The van der Waals surface area contributed by atoms with Gasteiger partial charge in [0.2, 0.25) is 0 Å². The largest absolute Gasteiger partial charge is 0.315 e. The SMILES string of the molecule is CNC(CN(C)CC1CCCN1C)C1CCCC1. The molecule has 1 heterocycles. The zero-order valence-corrected chi connectivity index (χ0v) is 12.5. The van der Waals surface area contributed by atoms with Crippen LogP contribution >= 0.6 is 0 Å². The summed E-state index contributed by atoms with van der Waals surface area (Å²) in [5, 5.41) is 3.56. The van der Waals surface area contributed by atoms with E-state index < -0.39 is 0 Å². The molecule has 1 saturated heterocycles. The molecule has 1 aliphatic carbocycles. The predicted octanol–water partition coefficient (Wildman–Crippen LogP) is 1.79. The minimum atomic E-state index is 0.698. The van der Waals surface area contributed by atoms with Crippen LogP contribution in [0.5, 0.6) is 0 Å². The lowest BCUT2D eigenvalue weighted by atomic mass is 9.97. The van der Waals surface area contributed by atoms with Crippen molar-refractivity contribution in [3.63, 3.8) is 0 Å². The molecule has 2 fully saturated rings. The first kappa shape index (κ1) is 14.3. The maximum atomic E-state index is 3.56. The van der Waals surface area contributed by atoms with Crippen LogP contribution in [0, 0.1) is 5.92 Å². The summed E-state index contributed by atoms with van der Waals surface area (Å²) < 4.78 is 0. The van der Waals surface area contributed by atoms with E-state index in [1.54, 1.807) is 0 Å². The molecular formula is C15H31N3. The highest BCUT2D eigenvalue weighted by Crippen LogP contribution is 2.28. The average molecular weight is 253 g/mol. The Labute approximate surface area is 113 Å². The van der Waals surface area contributed by atoms with Gasteiger partial charge in [-0.3, -0.25) is 0 Å². The van der Waals surface area contributed by atoms with Crippen molar-refractivity contribution in [2.75, 3.05) is 40.8 Å². The van der Waals surface area contributed by atoms with Crippen LogP contribution in [-0.2, 0) is 0 Å². The van der Waals surface area contributed by atoms with Gasteiger partial charge in [0.15, 0.2) is 0 Å². The maximum Gasteiger partial charge on any atom is 0.0220 e. The predicted molar refractivity (Wildman–Crippen MR) is 78.0 cm³/mol. The molecule has 3 nitrogen and oxygen atoms in total. The second kappa shape index (κ2) is 6.88. The van der Waals surface area contributed by atoms with Crippen molar-refractivity contribution < 1.29 is 0 Å². The van der Waals surface area contributed by atoms with Crippen molar-refractivity contribution in [3.05, 3.63) is 0 Å². The third-order valence-corrected chi connectivity index (χ3v) is 5.04. The highest BCUT2D eigenvalue weighted by atomic mass is 15.2. The summed E-state index contributed by atoms with van der Waals surface area (Å²) in [6, 6.07) is 1.49. The van der Waals surface area contributed by atoms with E-state index in [-0.39, 0.29) is 0 Å². The zero-order valence-electron chi connectivity index (χ0n) is 12.5. The summed E-state index contributed by atoms with van der Waals surface area (Å²) in [4.78, 5) is 5.08. The number of hydrogen-bond acceptors (Lipinski definition) is 3. The summed E-state index contributed by atoms with van der Waals surface area (Å²) in [5.41, 5.74) is 0. The fraction of sp³-hybridized carbons (Fsp3) is 1.00. The maximum absolute atomic E-state index is 3.56. The molecule has 3 heteroatoms. The minimum absolute atomic E-state index is 0.698. The molecule has 2 atom stereocenters. The molecule has 0 spiro atoms. The van der Waals surface area contributed by atoms with Crippen molar-refractivity contribution in [2.45, 2.75) is 50.6 Å². The number of rotatable bonds is 6. The van der Waals surface area contributed by atoms with Gasteiger partial charge in [0.05, 0.1) is 0 Å². The number of likely N-dealkylation sites (tertiary alicyclic amines) is 1. The topological polar surface area (TPSA) is 18.5 Å².